The average Bonchev–Trinajstić information content (AvgIpc) is 2.32. The minimum absolute atomic E-state index is 0.165. The number of phenolic OH excluding ortho intramolecular Hbond substituents is 1. The molecule has 4 N–H and O–H groups in total. The van der Waals surface area contributed by atoms with Crippen molar-refractivity contribution in [1.82, 2.24) is 0 Å². The van der Waals surface area contributed by atoms with Crippen molar-refractivity contribution in [3.63, 3.8) is 0 Å². The van der Waals surface area contributed by atoms with Crippen LogP contribution in [0.2, 0.25) is 0 Å². The Hall–Kier alpha value is -1.55. The van der Waals surface area contributed by atoms with Crippen molar-refractivity contribution in [2.24, 2.45) is 5.73 Å². The number of anilines is 1. The first-order chi connectivity index (χ1) is 7.92. The number of hydrogen-bond donors (Lipinski definition) is 3. The van der Waals surface area contributed by atoms with Crippen molar-refractivity contribution in [2.45, 2.75) is 39.2 Å². The number of hydrogen-bond acceptors (Lipinski definition) is 3. The van der Waals surface area contributed by atoms with Gasteiger partial charge in [0.1, 0.15) is 5.75 Å². The summed E-state index contributed by atoms with van der Waals surface area (Å²) in [5, 5.41) is 12.3. The van der Waals surface area contributed by atoms with Gasteiger partial charge in [0, 0.05) is 11.8 Å². The molecule has 0 saturated heterocycles. The fourth-order valence-corrected chi connectivity index (χ4v) is 1.51. The molecule has 1 amide bonds. The molecule has 0 radical (unpaired) electrons. The van der Waals surface area contributed by atoms with Gasteiger partial charge in [-0.1, -0.05) is 19.9 Å². The lowest BCUT2D eigenvalue weighted by Gasteiger charge is -2.25. The van der Waals surface area contributed by atoms with Crippen LogP contribution in [0.5, 0.6) is 5.75 Å². The van der Waals surface area contributed by atoms with Crippen molar-refractivity contribution in [3.8, 4) is 5.75 Å². The molecular formula is C13H20N2O2. The van der Waals surface area contributed by atoms with E-state index >= 15 is 0 Å². The highest BCUT2D eigenvalue weighted by Gasteiger charge is 2.29. The van der Waals surface area contributed by atoms with E-state index < -0.39 is 5.54 Å². The second-order valence-corrected chi connectivity index (χ2v) is 4.32. The summed E-state index contributed by atoms with van der Waals surface area (Å²) >= 11 is 0. The third-order valence-electron chi connectivity index (χ3n) is 3.18. The minimum Gasteiger partial charge on any atom is -0.508 e. The van der Waals surface area contributed by atoms with Gasteiger partial charge in [0.05, 0.1) is 5.54 Å². The van der Waals surface area contributed by atoms with E-state index in [2.05, 4.69) is 5.32 Å². The molecule has 0 aromatic heterocycles. The Labute approximate surface area is 102 Å². The number of rotatable bonds is 4. The molecule has 4 heteroatoms. The SMILES string of the molecule is CCC(N)(CC)C(=O)Nc1ccc(C)c(O)c1. The molecule has 0 aliphatic rings. The lowest BCUT2D eigenvalue weighted by Crippen LogP contribution is -2.50. The van der Waals surface area contributed by atoms with E-state index in [9.17, 15) is 9.90 Å². The summed E-state index contributed by atoms with van der Waals surface area (Å²) in [6.45, 7) is 5.57. The summed E-state index contributed by atoms with van der Waals surface area (Å²) in [5.74, 6) is -0.0517. The number of aryl methyl sites for hydroxylation is 1. The monoisotopic (exact) mass is 236 g/mol. The highest BCUT2D eigenvalue weighted by atomic mass is 16.3. The van der Waals surface area contributed by atoms with E-state index in [0.29, 0.717) is 18.5 Å². The highest BCUT2D eigenvalue weighted by molar-refractivity contribution is 5.98. The Bertz CT molecular complexity index is 412. The molecule has 0 saturated carbocycles. The molecule has 0 atom stereocenters. The van der Waals surface area contributed by atoms with Crippen LogP contribution in [0.4, 0.5) is 5.69 Å². The molecule has 1 aromatic rings. The Morgan fingerprint density at radius 1 is 1.41 bits per heavy atom. The molecule has 0 unspecified atom stereocenters. The summed E-state index contributed by atoms with van der Waals surface area (Å²) < 4.78 is 0. The maximum absolute atomic E-state index is 12.0. The van der Waals surface area contributed by atoms with Crippen LogP contribution in [-0.2, 0) is 4.79 Å². The molecule has 0 aliphatic heterocycles. The number of nitrogens with one attached hydrogen (secondary N) is 1. The minimum atomic E-state index is -0.847. The Morgan fingerprint density at radius 2 is 2.00 bits per heavy atom. The lowest BCUT2D eigenvalue weighted by atomic mass is 9.93. The van der Waals surface area contributed by atoms with Gasteiger partial charge in [-0.05, 0) is 31.4 Å². The quantitative estimate of drug-likeness (QED) is 0.749. The smallest absolute Gasteiger partial charge is 0.244 e. The number of carbonyl (C=O) groups excluding carboxylic acids is 1. The summed E-state index contributed by atoms with van der Waals surface area (Å²) in [7, 11) is 0. The average molecular weight is 236 g/mol. The normalized spacial score (nSPS) is 11.3. The molecule has 0 fully saturated rings. The van der Waals surface area contributed by atoms with E-state index in [1.165, 1.54) is 6.07 Å². The van der Waals surface area contributed by atoms with Gasteiger partial charge >= 0.3 is 0 Å². The van der Waals surface area contributed by atoms with Gasteiger partial charge in [-0.25, -0.2) is 0 Å². The molecule has 94 valence electrons. The third-order valence-corrected chi connectivity index (χ3v) is 3.18. The molecule has 0 heterocycles. The van der Waals surface area contributed by atoms with Gasteiger partial charge in [-0.3, -0.25) is 4.79 Å². The van der Waals surface area contributed by atoms with Crippen LogP contribution in [0.15, 0.2) is 18.2 Å². The van der Waals surface area contributed by atoms with E-state index in [1.807, 2.05) is 13.8 Å². The summed E-state index contributed by atoms with van der Waals surface area (Å²) in [5.41, 5.74) is 6.47. The fourth-order valence-electron chi connectivity index (χ4n) is 1.51. The van der Waals surface area contributed by atoms with Gasteiger partial charge in [0.2, 0.25) is 5.91 Å². The third kappa shape index (κ3) is 2.97. The van der Waals surface area contributed by atoms with Crippen LogP contribution in [0.3, 0.4) is 0 Å². The Kier molecular flexibility index (Phi) is 4.12. The summed E-state index contributed by atoms with van der Waals surface area (Å²) in [6, 6.07) is 5.03. The number of aromatic hydroxyl groups is 1. The van der Waals surface area contributed by atoms with Crippen LogP contribution >= 0.6 is 0 Å². The van der Waals surface area contributed by atoms with Gasteiger partial charge in [0.15, 0.2) is 0 Å². The maximum atomic E-state index is 12.0. The first-order valence-corrected chi connectivity index (χ1v) is 5.83. The number of carbonyl (C=O) groups is 1. The zero-order valence-corrected chi connectivity index (χ0v) is 10.6. The van der Waals surface area contributed by atoms with Gasteiger partial charge in [0.25, 0.3) is 0 Å². The largest absolute Gasteiger partial charge is 0.508 e. The van der Waals surface area contributed by atoms with Crippen molar-refractivity contribution in [3.05, 3.63) is 23.8 Å². The Morgan fingerprint density at radius 3 is 2.47 bits per heavy atom. The molecule has 0 bridgehead atoms. The number of amides is 1. The topological polar surface area (TPSA) is 75.4 Å². The first kappa shape index (κ1) is 13.5. The van der Waals surface area contributed by atoms with E-state index in [4.69, 9.17) is 5.73 Å². The lowest BCUT2D eigenvalue weighted by molar-refractivity contribution is -0.121. The van der Waals surface area contributed by atoms with Crippen LogP contribution < -0.4 is 11.1 Å². The standard InChI is InChI=1S/C13H20N2O2/c1-4-13(14,5-2)12(17)15-10-7-6-9(3)11(16)8-10/h6-8,16H,4-5,14H2,1-3H3,(H,15,17). The molecular weight excluding hydrogens is 216 g/mol. The molecule has 1 aromatic carbocycles. The van der Waals surface area contributed by atoms with Crippen molar-refractivity contribution in [2.75, 3.05) is 5.32 Å². The molecule has 0 spiro atoms. The van der Waals surface area contributed by atoms with E-state index in [-0.39, 0.29) is 11.7 Å². The Balaban J connectivity index is 2.84. The number of phenols is 1. The maximum Gasteiger partial charge on any atom is 0.244 e. The van der Waals surface area contributed by atoms with Crippen LogP contribution in [0.1, 0.15) is 32.3 Å². The van der Waals surface area contributed by atoms with Crippen LogP contribution in [-0.4, -0.2) is 16.6 Å². The molecule has 0 aliphatic carbocycles. The second kappa shape index (κ2) is 5.19. The summed E-state index contributed by atoms with van der Waals surface area (Å²) in [6.07, 6.45) is 1.15. The summed E-state index contributed by atoms with van der Waals surface area (Å²) in [4.78, 5) is 12.0. The van der Waals surface area contributed by atoms with E-state index in [0.717, 1.165) is 5.56 Å². The van der Waals surface area contributed by atoms with E-state index in [1.54, 1.807) is 19.1 Å². The van der Waals surface area contributed by atoms with Crippen molar-refractivity contribution in [1.29, 1.82) is 0 Å². The second-order valence-electron chi connectivity index (χ2n) is 4.32. The molecule has 1 rings (SSSR count). The van der Waals surface area contributed by atoms with Crippen molar-refractivity contribution < 1.29 is 9.90 Å². The number of benzene rings is 1. The fraction of sp³-hybridized carbons (Fsp3) is 0.462. The van der Waals surface area contributed by atoms with Gasteiger partial charge in [-0.2, -0.15) is 0 Å². The van der Waals surface area contributed by atoms with Gasteiger partial charge in [-0.15, -0.1) is 0 Å². The predicted octanol–water partition coefficient (Wildman–Crippen LogP) is 2.16. The molecule has 17 heavy (non-hydrogen) atoms. The first-order valence-electron chi connectivity index (χ1n) is 5.83. The van der Waals surface area contributed by atoms with Crippen molar-refractivity contribution >= 4 is 11.6 Å². The zero-order valence-electron chi connectivity index (χ0n) is 10.6. The molecule has 4 nitrogen and oxygen atoms in total. The highest BCUT2D eigenvalue weighted by Crippen LogP contribution is 2.22. The zero-order chi connectivity index (χ0) is 13.1. The van der Waals surface area contributed by atoms with Crippen LogP contribution in [0, 0.1) is 6.92 Å². The predicted molar refractivity (Wildman–Crippen MR) is 69.0 cm³/mol. The van der Waals surface area contributed by atoms with Crippen LogP contribution in [0.25, 0.3) is 0 Å². The number of nitrogens with two attached hydrogens (primary N) is 1. The van der Waals surface area contributed by atoms with Gasteiger partial charge < -0.3 is 16.2 Å².